The molecule has 1 aromatic heterocycles. The summed E-state index contributed by atoms with van der Waals surface area (Å²) in [7, 11) is -0.194. The van der Waals surface area contributed by atoms with E-state index in [9.17, 15) is 4.39 Å². The molecule has 4 heterocycles. The minimum atomic E-state index is -0.443. The average Bonchev–Trinajstić information content (AvgIpc) is 3.28. The molecule has 3 aliphatic heterocycles. The van der Waals surface area contributed by atoms with Gasteiger partial charge in [-0.15, -0.1) is 0 Å². The smallest absolute Gasteiger partial charge is 0.214 e. The van der Waals surface area contributed by atoms with Crippen molar-refractivity contribution in [3.05, 3.63) is 87.6 Å². The van der Waals surface area contributed by atoms with Crippen LogP contribution in [0.5, 0.6) is 5.88 Å². The Bertz CT molecular complexity index is 1180. The van der Waals surface area contributed by atoms with Crippen LogP contribution in [0.3, 0.4) is 0 Å². The van der Waals surface area contributed by atoms with Gasteiger partial charge >= 0.3 is 0 Å². The summed E-state index contributed by atoms with van der Waals surface area (Å²) in [4.78, 5) is 8.69. The fourth-order valence-corrected chi connectivity index (χ4v) is 6.52. The summed E-state index contributed by atoms with van der Waals surface area (Å²) in [6, 6.07) is 12.0. The van der Waals surface area contributed by atoms with Crippen molar-refractivity contribution in [2.24, 2.45) is 0 Å². The van der Waals surface area contributed by atoms with Gasteiger partial charge in [-0.05, 0) is 46.9 Å². The first-order chi connectivity index (χ1) is 16.7. The van der Waals surface area contributed by atoms with E-state index in [4.69, 9.17) is 14.7 Å². The number of nitriles is 1. The minimum Gasteiger partial charge on any atom is -0.473 e. The van der Waals surface area contributed by atoms with Crippen LogP contribution < -0.4 is 4.74 Å². The standard InChI is InChI=1S/C27H28FN3O2S/c28-25-15-20(16-29)6-7-22(25)18-33-27-5-1-4-26(30-27)21-8-11-31(12-9-21)17-24-3-2-14-34(24)19-23-10-13-32-23/h1-8,14-15,23,34H,9-13,17-19H2/t23-/m0/s1. The molecule has 1 aromatic carbocycles. The van der Waals surface area contributed by atoms with Crippen molar-refractivity contribution in [1.29, 1.82) is 5.26 Å². The molecule has 0 radical (unpaired) electrons. The number of hydrogen-bond acceptors (Lipinski definition) is 5. The van der Waals surface area contributed by atoms with Crippen molar-refractivity contribution in [3.8, 4) is 11.9 Å². The molecule has 7 heteroatoms. The predicted octanol–water partition coefficient (Wildman–Crippen LogP) is 4.96. The molecule has 3 aliphatic rings. The van der Waals surface area contributed by atoms with Gasteiger partial charge in [-0.2, -0.15) is 5.26 Å². The van der Waals surface area contributed by atoms with Crippen molar-refractivity contribution in [3.63, 3.8) is 0 Å². The fraction of sp³-hybridized carbons (Fsp3) is 0.333. The summed E-state index contributed by atoms with van der Waals surface area (Å²) in [6.45, 7) is 3.90. The van der Waals surface area contributed by atoms with E-state index < -0.39 is 5.82 Å². The zero-order chi connectivity index (χ0) is 23.3. The van der Waals surface area contributed by atoms with Gasteiger partial charge in [-0.3, -0.25) is 4.90 Å². The molecule has 34 heavy (non-hydrogen) atoms. The number of nitrogens with zero attached hydrogens (tertiary/aromatic N) is 3. The van der Waals surface area contributed by atoms with Gasteiger partial charge in [0.25, 0.3) is 0 Å². The third-order valence-electron chi connectivity index (χ3n) is 6.41. The summed E-state index contributed by atoms with van der Waals surface area (Å²) in [5, 5.41) is 11.3. The predicted molar refractivity (Wildman–Crippen MR) is 134 cm³/mol. The second-order valence-electron chi connectivity index (χ2n) is 8.72. The third kappa shape index (κ3) is 5.41. The SMILES string of the molecule is N#Cc1ccc(COc2cccc(C3=CCN(CC4=CC=C[SH]4C[C@@H]4CCO4)CC3)n2)c(F)c1. The molecule has 2 atom stereocenters. The number of thiol groups is 1. The highest BCUT2D eigenvalue weighted by molar-refractivity contribution is 8.23. The minimum absolute atomic E-state index is 0.0683. The van der Waals surface area contributed by atoms with Crippen LogP contribution in [-0.2, 0) is 11.3 Å². The lowest BCUT2D eigenvalue weighted by atomic mass is 10.0. The molecule has 0 bridgehead atoms. The van der Waals surface area contributed by atoms with Crippen LogP contribution in [0.1, 0.15) is 29.7 Å². The molecule has 0 spiro atoms. The molecule has 0 aliphatic carbocycles. The molecular formula is C27H28FN3O2S. The Balaban J connectivity index is 1.16. The van der Waals surface area contributed by atoms with E-state index in [2.05, 4.69) is 33.5 Å². The number of aromatic nitrogens is 1. The molecule has 1 fully saturated rings. The maximum absolute atomic E-state index is 14.1. The molecule has 0 saturated carbocycles. The van der Waals surface area contributed by atoms with Crippen LogP contribution in [0.2, 0.25) is 0 Å². The maximum Gasteiger partial charge on any atom is 0.214 e. The van der Waals surface area contributed by atoms with E-state index in [0.717, 1.165) is 44.1 Å². The number of benzene rings is 1. The van der Waals surface area contributed by atoms with Gasteiger partial charge in [0, 0.05) is 43.6 Å². The summed E-state index contributed by atoms with van der Waals surface area (Å²) in [5.74, 6) is 1.19. The summed E-state index contributed by atoms with van der Waals surface area (Å²) < 4.78 is 25.5. The summed E-state index contributed by atoms with van der Waals surface area (Å²) in [6.07, 6.45) is 9.36. The first-order valence-electron chi connectivity index (χ1n) is 11.6. The zero-order valence-electron chi connectivity index (χ0n) is 19.0. The third-order valence-corrected chi connectivity index (χ3v) is 8.77. The van der Waals surface area contributed by atoms with E-state index in [1.165, 1.54) is 18.1 Å². The molecule has 1 unspecified atom stereocenters. The van der Waals surface area contributed by atoms with Crippen molar-refractivity contribution in [1.82, 2.24) is 9.88 Å². The Morgan fingerprint density at radius 2 is 2.21 bits per heavy atom. The lowest BCUT2D eigenvalue weighted by Crippen LogP contribution is -2.32. The topological polar surface area (TPSA) is 58.4 Å². The van der Waals surface area contributed by atoms with Gasteiger partial charge in [0.05, 0.1) is 23.4 Å². The van der Waals surface area contributed by atoms with Crippen LogP contribution in [0.15, 0.2) is 64.9 Å². The maximum atomic E-state index is 14.1. The molecular weight excluding hydrogens is 449 g/mol. The second kappa shape index (κ2) is 10.6. The number of hydrogen-bond donors (Lipinski definition) is 1. The Labute approximate surface area is 202 Å². The van der Waals surface area contributed by atoms with Crippen molar-refractivity contribution in [2.75, 3.05) is 32.0 Å². The van der Waals surface area contributed by atoms with Crippen molar-refractivity contribution < 1.29 is 13.9 Å². The Morgan fingerprint density at radius 3 is 2.94 bits per heavy atom. The molecule has 0 N–H and O–H groups in total. The monoisotopic (exact) mass is 477 g/mol. The van der Waals surface area contributed by atoms with Crippen LogP contribution in [0, 0.1) is 17.1 Å². The molecule has 0 amide bonds. The Kier molecular flexibility index (Phi) is 7.10. The number of ether oxygens (including phenoxy) is 2. The normalized spacial score (nSPS) is 23.1. The summed E-state index contributed by atoms with van der Waals surface area (Å²) >= 11 is 0. The first kappa shape index (κ1) is 22.9. The highest BCUT2D eigenvalue weighted by Gasteiger charge is 2.24. The van der Waals surface area contributed by atoms with Gasteiger partial charge < -0.3 is 9.47 Å². The van der Waals surface area contributed by atoms with Gasteiger partial charge in [0.2, 0.25) is 5.88 Å². The zero-order valence-corrected chi connectivity index (χ0v) is 19.9. The van der Waals surface area contributed by atoms with Crippen molar-refractivity contribution in [2.45, 2.75) is 25.6 Å². The number of halogens is 1. The van der Waals surface area contributed by atoms with E-state index in [1.54, 1.807) is 23.1 Å². The first-order valence-corrected chi connectivity index (χ1v) is 13.2. The van der Waals surface area contributed by atoms with Gasteiger partial charge in [-0.1, -0.05) is 30.4 Å². The highest BCUT2D eigenvalue weighted by atomic mass is 32.2. The number of pyridine rings is 1. The second-order valence-corrected chi connectivity index (χ2v) is 10.9. The van der Waals surface area contributed by atoms with E-state index in [-0.39, 0.29) is 17.5 Å². The molecule has 5 rings (SSSR count). The fourth-order valence-electron chi connectivity index (χ4n) is 4.30. The number of allylic oxidation sites excluding steroid dienone is 2. The largest absolute Gasteiger partial charge is 0.473 e. The molecule has 2 aromatic rings. The van der Waals surface area contributed by atoms with E-state index in [0.29, 0.717) is 23.1 Å². The van der Waals surface area contributed by atoms with Crippen LogP contribution in [0.25, 0.3) is 5.57 Å². The molecule has 1 saturated heterocycles. The van der Waals surface area contributed by atoms with Gasteiger partial charge in [0.15, 0.2) is 0 Å². The highest BCUT2D eigenvalue weighted by Crippen LogP contribution is 2.43. The van der Waals surface area contributed by atoms with Crippen LogP contribution >= 0.6 is 10.9 Å². The Hall–Kier alpha value is -2.92. The van der Waals surface area contributed by atoms with Crippen molar-refractivity contribution >= 4 is 16.5 Å². The van der Waals surface area contributed by atoms with Gasteiger partial charge in [0.1, 0.15) is 12.4 Å². The quantitative estimate of drug-likeness (QED) is 0.545. The lowest BCUT2D eigenvalue weighted by molar-refractivity contribution is -0.0344. The number of rotatable bonds is 8. The Morgan fingerprint density at radius 1 is 1.29 bits per heavy atom. The molecule has 176 valence electrons. The van der Waals surface area contributed by atoms with Gasteiger partial charge in [-0.25, -0.2) is 20.3 Å². The lowest BCUT2D eigenvalue weighted by Gasteiger charge is -2.33. The van der Waals surface area contributed by atoms with E-state index >= 15 is 0 Å². The molecule has 5 nitrogen and oxygen atoms in total. The van der Waals surface area contributed by atoms with Crippen LogP contribution in [-0.4, -0.2) is 48.0 Å². The van der Waals surface area contributed by atoms with E-state index in [1.807, 2.05) is 18.2 Å². The van der Waals surface area contributed by atoms with Crippen LogP contribution in [0.4, 0.5) is 4.39 Å². The summed E-state index contributed by atoms with van der Waals surface area (Å²) in [5.41, 5.74) is 2.82. The average molecular weight is 478 g/mol.